The number of hydrogen-bond donors (Lipinski definition) is 2. The molecule has 1 aliphatic carbocycles. The maximum atomic E-state index is 12.3. The van der Waals surface area contributed by atoms with Crippen LogP contribution in [0.4, 0.5) is 0 Å². The Bertz CT molecular complexity index is 1120. The lowest BCUT2D eigenvalue weighted by Gasteiger charge is -2.35. The molecule has 0 spiro atoms. The zero-order chi connectivity index (χ0) is 23.9. The fourth-order valence-corrected chi connectivity index (χ4v) is 5.20. The van der Waals surface area contributed by atoms with E-state index in [1.165, 1.54) is 0 Å². The van der Waals surface area contributed by atoms with Gasteiger partial charge in [0.1, 0.15) is 11.5 Å². The maximum Gasteiger partial charge on any atom is 0.313 e. The van der Waals surface area contributed by atoms with Crippen molar-refractivity contribution in [1.82, 2.24) is 5.32 Å². The molecule has 0 radical (unpaired) electrons. The molecular formula is C26H29NO7. The van der Waals surface area contributed by atoms with Crippen LogP contribution in [0.5, 0.6) is 17.2 Å². The van der Waals surface area contributed by atoms with Gasteiger partial charge in [-0.2, -0.15) is 0 Å². The van der Waals surface area contributed by atoms with E-state index in [-0.39, 0.29) is 11.8 Å². The van der Waals surface area contributed by atoms with Gasteiger partial charge in [-0.15, -0.1) is 0 Å². The van der Waals surface area contributed by atoms with E-state index in [9.17, 15) is 14.7 Å². The quantitative estimate of drug-likeness (QED) is 0.611. The first-order valence-electron chi connectivity index (χ1n) is 11.6. The van der Waals surface area contributed by atoms with Crippen molar-refractivity contribution in [2.75, 3.05) is 27.4 Å². The lowest BCUT2D eigenvalue weighted by molar-refractivity contribution is -0.150. The van der Waals surface area contributed by atoms with Gasteiger partial charge >= 0.3 is 5.97 Å². The molecule has 8 nitrogen and oxygen atoms in total. The fourth-order valence-electron chi connectivity index (χ4n) is 5.20. The minimum atomic E-state index is -0.915. The van der Waals surface area contributed by atoms with Crippen LogP contribution in [0.25, 0.3) is 11.1 Å². The van der Waals surface area contributed by atoms with Crippen molar-refractivity contribution in [3.63, 3.8) is 0 Å². The summed E-state index contributed by atoms with van der Waals surface area (Å²) in [5.74, 6) is 0.538. The van der Waals surface area contributed by atoms with Crippen LogP contribution in [0, 0.1) is 11.3 Å². The Hall–Kier alpha value is -3.26. The number of carboxylic acids is 1. The van der Waals surface area contributed by atoms with E-state index in [0.29, 0.717) is 55.4 Å². The van der Waals surface area contributed by atoms with Crippen LogP contribution in [-0.2, 0) is 16.1 Å². The molecule has 2 heterocycles. The number of fused-ring (bicyclic) bond motifs is 1. The predicted molar refractivity (Wildman–Crippen MR) is 123 cm³/mol. The van der Waals surface area contributed by atoms with E-state index in [1.54, 1.807) is 14.2 Å². The predicted octanol–water partition coefficient (Wildman–Crippen LogP) is 3.65. The second-order valence-electron chi connectivity index (χ2n) is 9.18. The molecule has 1 atom stereocenters. The van der Waals surface area contributed by atoms with Crippen molar-refractivity contribution < 1.29 is 33.6 Å². The molecule has 0 bridgehead atoms. The number of ether oxygens (including phenoxy) is 4. The summed E-state index contributed by atoms with van der Waals surface area (Å²) in [6.45, 7) is 1.65. The van der Waals surface area contributed by atoms with Gasteiger partial charge in [-0.1, -0.05) is 6.07 Å². The highest BCUT2D eigenvalue weighted by Crippen LogP contribution is 2.55. The second-order valence-corrected chi connectivity index (χ2v) is 9.18. The van der Waals surface area contributed by atoms with E-state index < -0.39 is 17.5 Å². The van der Waals surface area contributed by atoms with Gasteiger partial charge in [0.15, 0.2) is 11.5 Å². The number of rotatable bonds is 8. The Balaban J connectivity index is 1.61. The van der Waals surface area contributed by atoms with Crippen molar-refractivity contribution in [1.29, 1.82) is 0 Å². The summed E-state index contributed by atoms with van der Waals surface area (Å²) >= 11 is 0. The first kappa shape index (κ1) is 22.5. The SMILES string of the molecule is COc1ccc(-c2ccc3c(c2)CNC3=O)c(OC(C2CCOCC2)C2(C(=O)O)CC2)c1OC. The Morgan fingerprint density at radius 1 is 1.09 bits per heavy atom. The Labute approximate surface area is 198 Å². The van der Waals surface area contributed by atoms with Crippen molar-refractivity contribution in [3.8, 4) is 28.4 Å². The third kappa shape index (κ3) is 3.76. The third-order valence-corrected chi connectivity index (χ3v) is 7.30. The first-order chi connectivity index (χ1) is 16.5. The number of methoxy groups -OCH3 is 2. The van der Waals surface area contributed by atoms with Crippen LogP contribution in [0.2, 0.25) is 0 Å². The van der Waals surface area contributed by atoms with E-state index in [2.05, 4.69) is 5.32 Å². The largest absolute Gasteiger partial charge is 0.493 e. The molecule has 5 rings (SSSR count). The molecule has 1 saturated heterocycles. The molecule has 34 heavy (non-hydrogen) atoms. The molecule has 2 aromatic carbocycles. The summed E-state index contributed by atoms with van der Waals surface area (Å²) in [4.78, 5) is 24.4. The highest BCUT2D eigenvalue weighted by molar-refractivity contribution is 5.99. The van der Waals surface area contributed by atoms with Crippen LogP contribution in [0.3, 0.4) is 0 Å². The number of carbonyl (C=O) groups is 2. The summed E-state index contributed by atoms with van der Waals surface area (Å²) < 4.78 is 23.5. The number of carboxylic acid groups (broad SMARTS) is 1. The molecule has 2 aromatic rings. The monoisotopic (exact) mass is 467 g/mol. The summed E-state index contributed by atoms with van der Waals surface area (Å²) in [7, 11) is 3.11. The third-order valence-electron chi connectivity index (χ3n) is 7.30. The summed E-state index contributed by atoms with van der Waals surface area (Å²) in [6, 6.07) is 9.36. The first-order valence-corrected chi connectivity index (χ1v) is 11.6. The highest BCUT2D eigenvalue weighted by atomic mass is 16.5. The normalized spacial score (nSPS) is 19.6. The van der Waals surface area contributed by atoms with Crippen LogP contribution >= 0.6 is 0 Å². The van der Waals surface area contributed by atoms with Gasteiger partial charge in [0.25, 0.3) is 5.91 Å². The Kier molecular flexibility index (Phi) is 5.85. The van der Waals surface area contributed by atoms with Gasteiger partial charge in [-0.05, 0) is 61.1 Å². The van der Waals surface area contributed by atoms with Gasteiger partial charge < -0.3 is 29.4 Å². The molecule has 2 N–H and O–H groups in total. The number of hydrogen-bond acceptors (Lipinski definition) is 6. The molecular weight excluding hydrogens is 438 g/mol. The molecule has 0 aromatic heterocycles. The van der Waals surface area contributed by atoms with Crippen molar-refractivity contribution in [2.24, 2.45) is 11.3 Å². The molecule has 1 unspecified atom stereocenters. The molecule has 2 aliphatic heterocycles. The lowest BCUT2D eigenvalue weighted by Crippen LogP contribution is -2.43. The molecule has 180 valence electrons. The number of carbonyl (C=O) groups excluding carboxylic acids is 1. The maximum absolute atomic E-state index is 12.3. The molecule has 2 fully saturated rings. The van der Waals surface area contributed by atoms with Gasteiger partial charge in [-0.3, -0.25) is 9.59 Å². The van der Waals surface area contributed by atoms with Crippen molar-refractivity contribution in [2.45, 2.75) is 38.3 Å². The average molecular weight is 468 g/mol. The molecule has 3 aliphatic rings. The minimum absolute atomic E-state index is 0.0537. The lowest BCUT2D eigenvalue weighted by atomic mass is 9.83. The number of amides is 1. The van der Waals surface area contributed by atoms with E-state index in [0.717, 1.165) is 29.5 Å². The van der Waals surface area contributed by atoms with Crippen molar-refractivity contribution in [3.05, 3.63) is 41.5 Å². The summed E-state index contributed by atoms with van der Waals surface area (Å²) in [5.41, 5.74) is 2.28. The zero-order valence-corrected chi connectivity index (χ0v) is 19.4. The van der Waals surface area contributed by atoms with E-state index >= 15 is 0 Å². The summed E-state index contributed by atoms with van der Waals surface area (Å²) in [5, 5.41) is 13.0. The van der Waals surface area contributed by atoms with Crippen molar-refractivity contribution >= 4 is 11.9 Å². The number of benzene rings is 2. The van der Waals surface area contributed by atoms with Gasteiger partial charge in [0, 0.05) is 36.8 Å². The van der Waals surface area contributed by atoms with Crippen LogP contribution in [0.15, 0.2) is 30.3 Å². The van der Waals surface area contributed by atoms with Crippen LogP contribution < -0.4 is 19.5 Å². The minimum Gasteiger partial charge on any atom is -0.493 e. The smallest absolute Gasteiger partial charge is 0.313 e. The zero-order valence-electron chi connectivity index (χ0n) is 19.4. The Morgan fingerprint density at radius 2 is 1.82 bits per heavy atom. The second kappa shape index (κ2) is 8.83. The molecule has 1 saturated carbocycles. The van der Waals surface area contributed by atoms with Gasteiger partial charge in [0.2, 0.25) is 5.75 Å². The average Bonchev–Trinajstić information content (AvgIpc) is 3.60. The molecule has 8 heteroatoms. The fraction of sp³-hybridized carbons (Fsp3) is 0.462. The van der Waals surface area contributed by atoms with Gasteiger partial charge in [-0.25, -0.2) is 0 Å². The highest BCUT2D eigenvalue weighted by Gasteiger charge is 2.60. The van der Waals surface area contributed by atoms with Gasteiger partial charge in [0.05, 0.1) is 14.2 Å². The van der Waals surface area contributed by atoms with Crippen LogP contribution in [0.1, 0.15) is 41.6 Å². The standard InChI is InChI=1S/C26H29NO7/c1-31-20-6-5-18(16-3-4-19-17(13-16)14-27-24(19)28)21(22(20)32-2)34-23(15-7-11-33-12-8-15)26(9-10-26)25(29)30/h3-6,13,15,23H,7-12,14H2,1-2H3,(H,27,28)(H,29,30). The van der Waals surface area contributed by atoms with E-state index in [4.69, 9.17) is 18.9 Å². The Morgan fingerprint density at radius 3 is 2.47 bits per heavy atom. The number of aliphatic carboxylic acids is 1. The molecule has 1 amide bonds. The topological polar surface area (TPSA) is 103 Å². The van der Waals surface area contributed by atoms with Crippen LogP contribution in [-0.4, -0.2) is 50.5 Å². The number of nitrogens with one attached hydrogen (secondary N) is 1. The van der Waals surface area contributed by atoms with E-state index in [1.807, 2.05) is 30.3 Å². The summed E-state index contributed by atoms with van der Waals surface area (Å²) in [6.07, 6.45) is 2.13.